The minimum absolute atomic E-state index is 1.00. The normalized spacial score (nSPS) is 9.69. The number of thiophene rings is 1. The second-order valence-electron chi connectivity index (χ2n) is 2.80. The molecule has 1 rings (SSSR count). The lowest BCUT2D eigenvalue weighted by molar-refractivity contribution is -0.0372. The van der Waals surface area contributed by atoms with Crippen molar-refractivity contribution >= 4 is 27.3 Å². The van der Waals surface area contributed by atoms with Crippen molar-refractivity contribution in [2.75, 3.05) is 14.1 Å². The zero-order valence-electron chi connectivity index (χ0n) is 8.25. The molecule has 0 aliphatic heterocycles. The van der Waals surface area contributed by atoms with E-state index in [9.17, 15) is 0 Å². The van der Waals surface area contributed by atoms with Crippen LogP contribution in [0.15, 0.2) is 15.9 Å². The molecule has 0 saturated carbocycles. The van der Waals surface area contributed by atoms with Crippen LogP contribution in [0.2, 0.25) is 0 Å². The molecular weight excluding hydrogens is 250 g/mol. The molecule has 1 N–H and O–H groups in total. The second-order valence-corrected chi connectivity index (χ2v) is 5.35. The molecule has 0 bridgehead atoms. The minimum atomic E-state index is 1.00. The number of hydroxylamine groups is 2. The van der Waals surface area contributed by atoms with Crippen LogP contribution in [0.25, 0.3) is 0 Å². The van der Waals surface area contributed by atoms with Crippen LogP contribution in [0.3, 0.4) is 0 Å². The first-order valence-electron chi connectivity index (χ1n) is 4.16. The fraction of sp³-hybridized carbons (Fsp3) is 0.556. The molecular formula is C9H16BrNOS. The lowest BCUT2D eigenvalue weighted by atomic mass is 10.3. The highest BCUT2D eigenvalue weighted by molar-refractivity contribution is 9.11. The summed E-state index contributed by atoms with van der Waals surface area (Å²) >= 11 is 5.25. The number of nitrogens with zero attached hydrogens (tertiary/aromatic N) is 1. The SMILES string of the molecule is CCCc1ccc(Br)s1.CN(C)O. The number of hydrogen-bond donors (Lipinski definition) is 1. The highest BCUT2D eigenvalue weighted by atomic mass is 79.9. The van der Waals surface area contributed by atoms with Crippen LogP contribution in [0, 0.1) is 0 Å². The summed E-state index contributed by atoms with van der Waals surface area (Å²) in [7, 11) is 3.11. The Morgan fingerprint density at radius 2 is 2.00 bits per heavy atom. The molecule has 76 valence electrons. The van der Waals surface area contributed by atoms with Gasteiger partial charge in [-0.2, -0.15) is 5.06 Å². The first-order valence-corrected chi connectivity index (χ1v) is 5.77. The van der Waals surface area contributed by atoms with E-state index in [-0.39, 0.29) is 0 Å². The van der Waals surface area contributed by atoms with Gasteiger partial charge in [-0.3, -0.25) is 0 Å². The Balaban J connectivity index is 0.000000310. The second kappa shape index (κ2) is 7.50. The van der Waals surface area contributed by atoms with E-state index in [1.807, 2.05) is 11.3 Å². The van der Waals surface area contributed by atoms with Gasteiger partial charge in [0, 0.05) is 19.0 Å². The third-order valence-electron chi connectivity index (χ3n) is 1.13. The lowest BCUT2D eigenvalue weighted by Crippen LogP contribution is -2.01. The summed E-state index contributed by atoms with van der Waals surface area (Å²) in [5, 5.41) is 8.89. The zero-order valence-corrected chi connectivity index (χ0v) is 10.7. The number of hydrogen-bond acceptors (Lipinski definition) is 3. The summed E-state index contributed by atoms with van der Waals surface area (Å²) in [5.41, 5.74) is 0. The van der Waals surface area contributed by atoms with E-state index >= 15 is 0 Å². The van der Waals surface area contributed by atoms with Gasteiger partial charge in [-0.25, -0.2) is 0 Å². The Kier molecular flexibility index (Phi) is 7.56. The number of aryl methyl sites for hydroxylation is 1. The molecule has 13 heavy (non-hydrogen) atoms. The molecule has 0 spiro atoms. The summed E-state index contributed by atoms with van der Waals surface area (Å²) in [6, 6.07) is 4.29. The van der Waals surface area contributed by atoms with E-state index in [0.29, 0.717) is 0 Å². The average molecular weight is 266 g/mol. The predicted molar refractivity (Wildman–Crippen MR) is 61.5 cm³/mol. The molecule has 0 atom stereocenters. The number of halogens is 1. The molecule has 0 amide bonds. The van der Waals surface area contributed by atoms with Gasteiger partial charge in [0.05, 0.1) is 3.79 Å². The maximum Gasteiger partial charge on any atom is 0.0701 e. The third kappa shape index (κ3) is 8.43. The fourth-order valence-corrected chi connectivity index (χ4v) is 2.32. The van der Waals surface area contributed by atoms with Gasteiger partial charge in [0.25, 0.3) is 0 Å². The van der Waals surface area contributed by atoms with Crippen molar-refractivity contribution in [2.45, 2.75) is 19.8 Å². The molecule has 1 heterocycles. The molecule has 1 aromatic rings. The Morgan fingerprint density at radius 1 is 1.46 bits per heavy atom. The van der Waals surface area contributed by atoms with E-state index in [1.165, 1.54) is 21.5 Å². The van der Waals surface area contributed by atoms with E-state index in [2.05, 4.69) is 35.0 Å². The van der Waals surface area contributed by atoms with Gasteiger partial charge in [0.2, 0.25) is 0 Å². The topological polar surface area (TPSA) is 23.5 Å². The predicted octanol–water partition coefficient (Wildman–Crippen LogP) is 3.40. The molecule has 0 aliphatic carbocycles. The van der Waals surface area contributed by atoms with Crippen LogP contribution in [-0.2, 0) is 6.42 Å². The molecule has 0 fully saturated rings. The molecule has 0 aliphatic rings. The van der Waals surface area contributed by atoms with Gasteiger partial charge < -0.3 is 5.21 Å². The summed E-state index contributed by atoms with van der Waals surface area (Å²) in [6.45, 7) is 2.20. The Morgan fingerprint density at radius 3 is 2.31 bits per heavy atom. The summed E-state index contributed by atoms with van der Waals surface area (Å²) in [4.78, 5) is 1.48. The van der Waals surface area contributed by atoms with Crippen molar-refractivity contribution in [1.82, 2.24) is 5.06 Å². The van der Waals surface area contributed by atoms with Crippen molar-refractivity contribution in [3.8, 4) is 0 Å². The highest BCUT2D eigenvalue weighted by Crippen LogP contribution is 2.22. The third-order valence-corrected chi connectivity index (χ3v) is 2.81. The van der Waals surface area contributed by atoms with Gasteiger partial charge in [-0.05, 0) is 34.5 Å². The molecule has 1 aromatic heterocycles. The van der Waals surface area contributed by atoms with Gasteiger partial charge in [-0.15, -0.1) is 11.3 Å². The molecule has 0 aromatic carbocycles. The molecule has 0 unspecified atom stereocenters. The summed E-state index contributed by atoms with van der Waals surface area (Å²) in [6.07, 6.45) is 2.46. The van der Waals surface area contributed by atoms with Crippen LogP contribution < -0.4 is 0 Å². The van der Waals surface area contributed by atoms with Crippen molar-refractivity contribution < 1.29 is 5.21 Å². The lowest BCUT2D eigenvalue weighted by Gasteiger charge is -1.89. The first-order chi connectivity index (χ1) is 6.06. The van der Waals surface area contributed by atoms with Crippen LogP contribution >= 0.6 is 27.3 Å². The first kappa shape index (κ1) is 13.1. The smallest absolute Gasteiger partial charge is 0.0701 e. The van der Waals surface area contributed by atoms with Crippen molar-refractivity contribution in [1.29, 1.82) is 0 Å². The van der Waals surface area contributed by atoms with Gasteiger partial charge in [0.1, 0.15) is 0 Å². The van der Waals surface area contributed by atoms with Gasteiger partial charge in [0.15, 0.2) is 0 Å². The maximum atomic E-state index is 7.89. The van der Waals surface area contributed by atoms with E-state index in [1.54, 1.807) is 14.1 Å². The quantitative estimate of drug-likeness (QED) is 0.829. The Bertz CT molecular complexity index is 222. The van der Waals surface area contributed by atoms with E-state index in [4.69, 9.17) is 5.21 Å². The van der Waals surface area contributed by atoms with Gasteiger partial charge >= 0.3 is 0 Å². The van der Waals surface area contributed by atoms with Gasteiger partial charge in [-0.1, -0.05) is 13.3 Å². The Hall–Kier alpha value is 0.1000. The molecule has 0 saturated heterocycles. The molecule has 0 radical (unpaired) electrons. The zero-order chi connectivity index (χ0) is 10.3. The van der Waals surface area contributed by atoms with E-state index in [0.717, 1.165) is 5.06 Å². The standard InChI is InChI=1S/C7H9BrS.C2H7NO/c1-2-3-6-4-5-7(8)9-6;1-3(2)4/h4-5H,2-3H2,1H3;4H,1-2H3. The summed E-state index contributed by atoms with van der Waals surface area (Å²) in [5.74, 6) is 0. The minimum Gasteiger partial charge on any atom is -0.315 e. The maximum absolute atomic E-state index is 7.89. The Labute approximate surface area is 92.3 Å². The van der Waals surface area contributed by atoms with Crippen LogP contribution in [0.4, 0.5) is 0 Å². The summed E-state index contributed by atoms with van der Waals surface area (Å²) < 4.78 is 1.24. The molecule has 2 nitrogen and oxygen atoms in total. The van der Waals surface area contributed by atoms with Crippen molar-refractivity contribution in [3.05, 3.63) is 20.8 Å². The van der Waals surface area contributed by atoms with Crippen LogP contribution in [-0.4, -0.2) is 24.4 Å². The van der Waals surface area contributed by atoms with Crippen molar-refractivity contribution in [2.24, 2.45) is 0 Å². The fourth-order valence-electron chi connectivity index (χ4n) is 0.733. The average Bonchev–Trinajstić information content (AvgIpc) is 2.35. The monoisotopic (exact) mass is 265 g/mol. The highest BCUT2D eigenvalue weighted by Gasteiger charge is 1.93. The van der Waals surface area contributed by atoms with E-state index < -0.39 is 0 Å². The van der Waals surface area contributed by atoms with Crippen LogP contribution in [0.1, 0.15) is 18.2 Å². The molecule has 4 heteroatoms. The number of rotatable bonds is 2. The largest absolute Gasteiger partial charge is 0.315 e. The van der Waals surface area contributed by atoms with Crippen LogP contribution in [0.5, 0.6) is 0 Å². The van der Waals surface area contributed by atoms with Crippen molar-refractivity contribution in [3.63, 3.8) is 0 Å².